The molecule has 2 heteroatoms. The number of nitrogens with one attached hydrogen (secondary N) is 1. The molecule has 1 aromatic heterocycles. The molecule has 13 heavy (non-hydrogen) atoms. The van der Waals surface area contributed by atoms with Crippen LogP contribution in [0.1, 0.15) is 32.1 Å². The highest BCUT2D eigenvalue weighted by atomic mass is 32.1. The molecule has 0 radical (unpaired) electrons. The first-order chi connectivity index (χ1) is 6.24. The molecule has 0 unspecified atom stereocenters. The summed E-state index contributed by atoms with van der Waals surface area (Å²) >= 11 is 1.82. The van der Waals surface area contributed by atoms with E-state index in [1.165, 1.54) is 11.3 Å². The zero-order valence-corrected chi connectivity index (χ0v) is 9.53. The fourth-order valence-corrected chi connectivity index (χ4v) is 1.89. The summed E-state index contributed by atoms with van der Waals surface area (Å²) in [4.78, 5) is 1.43. The first-order valence-electron chi connectivity index (χ1n) is 4.99. The molecule has 1 N–H and O–H groups in total. The monoisotopic (exact) mass is 197 g/mol. The van der Waals surface area contributed by atoms with E-state index in [0.717, 1.165) is 12.5 Å². The second-order valence-corrected chi connectivity index (χ2v) is 4.67. The van der Waals surface area contributed by atoms with Gasteiger partial charge in [-0.05, 0) is 24.3 Å². The summed E-state index contributed by atoms with van der Waals surface area (Å²) in [6, 6.07) is 4.91. The lowest BCUT2D eigenvalue weighted by molar-refractivity contribution is 0.391. The minimum Gasteiger partial charge on any atom is -0.309 e. The average molecular weight is 197 g/mol. The van der Waals surface area contributed by atoms with Crippen LogP contribution in [0.4, 0.5) is 0 Å². The van der Waals surface area contributed by atoms with Gasteiger partial charge in [0.15, 0.2) is 0 Å². The van der Waals surface area contributed by atoms with Crippen LogP contribution >= 0.6 is 11.3 Å². The maximum absolute atomic E-state index is 3.55. The Kier molecular flexibility index (Phi) is 4.46. The van der Waals surface area contributed by atoms with E-state index in [2.05, 4.69) is 43.6 Å². The van der Waals surface area contributed by atoms with E-state index in [-0.39, 0.29) is 0 Å². The van der Waals surface area contributed by atoms with Crippen molar-refractivity contribution in [2.45, 2.75) is 39.8 Å². The second kappa shape index (κ2) is 5.40. The van der Waals surface area contributed by atoms with Crippen molar-refractivity contribution in [3.05, 3.63) is 22.4 Å². The van der Waals surface area contributed by atoms with E-state index in [1.54, 1.807) is 0 Å². The average Bonchev–Trinajstić information content (AvgIpc) is 2.65. The predicted molar refractivity (Wildman–Crippen MR) is 60.1 cm³/mol. The standard InChI is InChI=1S/C11H19NS/c1-4-9(2)10(3)12-8-11-6-5-7-13-11/h5-7,9-10,12H,4,8H2,1-3H3/t9-,10+/m0/s1. The molecule has 0 fully saturated rings. The summed E-state index contributed by atoms with van der Waals surface area (Å²) in [7, 11) is 0. The Labute approximate surface area is 85.2 Å². The van der Waals surface area contributed by atoms with Crippen molar-refractivity contribution in [2.24, 2.45) is 5.92 Å². The normalized spacial score (nSPS) is 15.6. The van der Waals surface area contributed by atoms with E-state index >= 15 is 0 Å². The zero-order valence-electron chi connectivity index (χ0n) is 8.71. The number of hydrogen-bond acceptors (Lipinski definition) is 2. The van der Waals surface area contributed by atoms with Crippen LogP contribution in [-0.4, -0.2) is 6.04 Å². The van der Waals surface area contributed by atoms with Gasteiger partial charge in [-0.2, -0.15) is 0 Å². The summed E-state index contributed by atoms with van der Waals surface area (Å²) in [5.74, 6) is 0.764. The van der Waals surface area contributed by atoms with E-state index in [9.17, 15) is 0 Å². The number of hydrogen-bond donors (Lipinski definition) is 1. The van der Waals surface area contributed by atoms with E-state index < -0.39 is 0 Å². The minimum absolute atomic E-state index is 0.618. The van der Waals surface area contributed by atoms with Crippen LogP contribution in [0.2, 0.25) is 0 Å². The molecule has 0 saturated carbocycles. The smallest absolute Gasteiger partial charge is 0.0302 e. The van der Waals surface area contributed by atoms with Gasteiger partial charge in [0.05, 0.1) is 0 Å². The van der Waals surface area contributed by atoms with Gasteiger partial charge in [0.1, 0.15) is 0 Å². The Morgan fingerprint density at radius 2 is 2.23 bits per heavy atom. The highest BCUT2D eigenvalue weighted by molar-refractivity contribution is 7.09. The molecule has 0 bridgehead atoms. The molecule has 0 aromatic carbocycles. The van der Waals surface area contributed by atoms with Gasteiger partial charge in [-0.15, -0.1) is 11.3 Å². The molecular formula is C11H19NS. The van der Waals surface area contributed by atoms with Gasteiger partial charge in [-0.25, -0.2) is 0 Å². The quantitative estimate of drug-likeness (QED) is 0.764. The van der Waals surface area contributed by atoms with Crippen LogP contribution in [-0.2, 0) is 6.54 Å². The van der Waals surface area contributed by atoms with E-state index in [0.29, 0.717) is 6.04 Å². The third kappa shape index (κ3) is 3.49. The Morgan fingerprint density at radius 3 is 2.77 bits per heavy atom. The Morgan fingerprint density at radius 1 is 1.46 bits per heavy atom. The fraction of sp³-hybridized carbons (Fsp3) is 0.636. The number of thiophene rings is 1. The maximum Gasteiger partial charge on any atom is 0.0302 e. The zero-order chi connectivity index (χ0) is 9.68. The predicted octanol–water partition coefficient (Wildman–Crippen LogP) is 3.27. The van der Waals surface area contributed by atoms with Crippen LogP contribution in [0, 0.1) is 5.92 Å². The molecule has 1 rings (SSSR count). The summed E-state index contributed by atoms with van der Waals surface area (Å²) in [5.41, 5.74) is 0. The maximum atomic E-state index is 3.55. The largest absolute Gasteiger partial charge is 0.309 e. The Bertz CT molecular complexity index is 218. The lowest BCUT2D eigenvalue weighted by Crippen LogP contribution is -2.30. The minimum atomic E-state index is 0.618. The molecule has 1 heterocycles. The van der Waals surface area contributed by atoms with E-state index in [1.807, 2.05) is 11.3 Å². The SMILES string of the molecule is CC[C@H](C)[C@@H](C)NCc1cccs1. The van der Waals surface area contributed by atoms with Crippen LogP contribution in [0.3, 0.4) is 0 Å². The van der Waals surface area contributed by atoms with Crippen LogP contribution in [0.5, 0.6) is 0 Å². The van der Waals surface area contributed by atoms with Crippen molar-refractivity contribution in [1.29, 1.82) is 0 Å². The van der Waals surface area contributed by atoms with Crippen LogP contribution in [0.25, 0.3) is 0 Å². The topological polar surface area (TPSA) is 12.0 Å². The van der Waals surface area contributed by atoms with Gasteiger partial charge < -0.3 is 5.32 Å². The van der Waals surface area contributed by atoms with Crippen LogP contribution in [0.15, 0.2) is 17.5 Å². The molecular weight excluding hydrogens is 178 g/mol. The molecule has 0 amide bonds. The molecule has 1 aromatic rings. The summed E-state index contributed by atoms with van der Waals surface area (Å²) in [6.45, 7) is 7.82. The molecule has 0 aliphatic carbocycles. The van der Waals surface area contributed by atoms with Crippen molar-refractivity contribution in [3.8, 4) is 0 Å². The van der Waals surface area contributed by atoms with Gasteiger partial charge in [-0.1, -0.05) is 26.3 Å². The molecule has 0 saturated heterocycles. The molecule has 2 atom stereocenters. The van der Waals surface area contributed by atoms with Gasteiger partial charge in [0, 0.05) is 17.5 Å². The first-order valence-corrected chi connectivity index (χ1v) is 5.87. The molecule has 0 aliphatic rings. The lowest BCUT2D eigenvalue weighted by Gasteiger charge is -2.19. The van der Waals surface area contributed by atoms with E-state index in [4.69, 9.17) is 0 Å². The van der Waals surface area contributed by atoms with Crippen LogP contribution < -0.4 is 5.32 Å². The fourth-order valence-electron chi connectivity index (χ4n) is 1.23. The molecule has 0 spiro atoms. The third-order valence-electron chi connectivity index (χ3n) is 2.68. The Balaban J connectivity index is 2.26. The number of rotatable bonds is 5. The second-order valence-electron chi connectivity index (χ2n) is 3.63. The highest BCUT2D eigenvalue weighted by Crippen LogP contribution is 2.11. The van der Waals surface area contributed by atoms with Crippen molar-refractivity contribution >= 4 is 11.3 Å². The van der Waals surface area contributed by atoms with Crippen molar-refractivity contribution in [3.63, 3.8) is 0 Å². The van der Waals surface area contributed by atoms with Gasteiger partial charge >= 0.3 is 0 Å². The summed E-state index contributed by atoms with van der Waals surface area (Å²) in [5, 5.41) is 5.68. The Hall–Kier alpha value is -0.340. The third-order valence-corrected chi connectivity index (χ3v) is 3.55. The van der Waals surface area contributed by atoms with Gasteiger partial charge in [-0.3, -0.25) is 0 Å². The summed E-state index contributed by atoms with van der Waals surface area (Å²) in [6.07, 6.45) is 1.25. The van der Waals surface area contributed by atoms with Crippen molar-refractivity contribution in [2.75, 3.05) is 0 Å². The van der Waals surface area contributed by atoms with Crippen molar-refractivity contribution < 1.29 is 0 Å². The molecule has 74 valence electrons. The van der Waals surface area contributed by atoms with Gasteiger partial charge in [0.25, 0.3) is 0 Å². The summed E-state index contributed by atoms with van der Waals surface area (Å²) < 4.78 is 0. The first kappa shape index (κ1) is 10.7. The lowest BCUT2D eigenvalue weighted by atomic mass is 10.0. The van der Waals surface area contributed by atoms with Crippen molar-refractivity contribution in [1.82, 2.24) is 5.32 Å². The molecule has 1 nitrogen and oxygen atoms in total. The van der Waals surface area contributed by atoms with Gasteiger partial charge in [0.2, 0.25) is 0 Å². The highest BCUT2D eigenvalue weighted by Gasteiger charge is 2.08. The molecule has 0 aliphatic heterocycles.